The molecule has 0 aromatic rings. The van der Waals surface area contributed by atoms with Crippen LogP contribution in [0.3, 0.4) is 0 Å². The number of aliphatic hydroxyl groups is 1. The van der Waals surface area contributed by atoms with Crippen molar-refractivity contribution in [2.45, 2.75) is 51.6 Å². The van der Waals surface area contributed by atoms with E-state index in [2.05, 4.69) is 0 Å². The van der Waals surface area contributed by atoms with Gasteiger partial charge in [-0.15, -0.1) is 0 Å². The minimum absolute atomic E-state index is 0.107. The molecule has 0 bridgehead atoms. The fourth-order valence-corrected chi connectivity index (χ4v) is 2.23. The zero-order valence-corrected chi connectivity index (χ0v) is 10.4. The molecule has 3 atom stereocenters. The molecular weight excluding hydrogens is 204 g/mol. The van der Waals surface area contributed by atoms with Crippen LogP contribution in [0.15, 0.2) is 0 Å². The van der Waals surface area contributed by atoms with E-state index in [0.29, 0.717) is 6.42 Å². The third kappa shape index (κ3) is 3.19. The van der Waals surface area contributed by atoms with Crippen molar-refractivity contribution >= 4 is 5.91 Å². The van der Waals surface area contributed by atoms with Gasteiger partial charge in [-0.3, -0.25) is 4.79 Å². The third-order valence-corrected chi connectivity index (χ3v) is 3.55. The van der Waals surface area contributed by atoms with E-state index in [-0.39, 0.29) is 30.5 Å². The van der Waals surface area contributed by atoms with E-state index >= 15 is 0 Å². The van der Waals surface area contributed by atoms with Crippen LogP contribution in [-0.4, -0.2) is 41.1 Å². The predicted molar refractivity (Wildman–Crippen MR) is 63.9 cm³/mol. The summed E-state index contributed by atoms with van der Waals surface area (Å²) in [4.78, 5) is 14.1. The van der Waals surface area contributed by atoms with E-state index in [0.717, 1.165) is 25.8 Å². The predicted octanol–water partition coefficient (Wildman–Crippen LogP) is 0.733. The number of carbonyl (C=O) groups excluding carboxylic acids is 1. The maximum atomic E-state index is 12.2. The molecule has 0 radical (unpaired) electrons. The smallest absolute Gasteiger partial charge is 0.227 e. The van der Waals surface area contributed by atoms with Crippen LogP contribution in [-0.2, 0) is 4.79 Å². The molecule has 0 aliphatic carbocycles. The second-order valence-electron chi connectivity index (χ2n) is 4.84. The van der Waals surface area contributed by atoms with Crippen molar-refractivity contribution < 1.29 is 9.90 Å². The summed E-state index contributed by atoms with van der Waals surface area (Å²) in [7, 11) is 0. The Morgan fingerprint density at radius 3 is 2.75 bits per heavy atom. The lowest BCUT2D eigenvalue weighted by Gasteiger charge is -2.37. The van der Waals surface area contributed by atoms with Crippen molar-refractivity contribution in [3.05, 3.63) is 0 Å². The Morgan fingerprint density at radius 2 is 2.19 bits per heavy atom. The Morgan fingerprint density at radius 1 is 1.50 bits per heavy atom. The van der Waals surface area contributed by atoms with Gasteiger partial charge in [0.25, 0.3) is 0 Å². The number of amides is 1. The number of nitrogens with two attached hydrogens (primary N) is 1. The van der Waals surface area contributed by atoms with Crippen molar-refractivity contribution in [2.24, 2.45) is 11.7 Å². The SMILES string of the molecule is CC(N)C(C)C(=O)N1CCCCC1CCO. The van der Waals surface area contributed by atoms with Crippen LogP contribution in [0.4, 0.5) is 0 Å². The summed E-state index contributed by atoms with van der Waals surface area (Å²) < 4.78 is 0. The summed E-state index contributed by atoms with van der Waals surface area (Å²) >= 11 is 0. The Bertz CT molecular complexity index is 229. The molecular formula is C12H24N2O2. The Kier molecular flexibility index (Phi) is 5.22. The van der Waals surface area contributed by atoms with Crippen molar-refractivity contribution in [3.63, 3.8) is 0 Å². The van der Waals surface area contributed by atoms with Crippen LogP contribution in [0.1, 0.15) is 39.5 Å². The van der Waals surface area contributed by atoms with Crippen molar-refractivity contribution in [1.29, 1.82) is 0 Å². The number of carbonyl (C=O) groups is 1. The van der Waals surface area contributed by atoms with E-state index in [1.54, 1.807) is 0 Å². The van der Waals surface area contributed by atoms with Crippen molar-refractivity contribution in [1.82, 2.24) is 4.90 Å². The topological polar surface area (TPSA) is 66.6 Å². The lowest BCUT2D eigenvalue weighted by molar-refractivity contribution is -0.139. The molecule has 1 fully saturated rings. The average Bonchev–Trinajstić information content (AvgIpc) is 2.28. The molecule has 3 unspecified atom stereocenters. The fraction of sp³-hybridized carbons (Fsp3) is 0.917. The van der Waals surface area contributed by atoms with Gasteiger partial charge in [0.1, 0.15) is 0 Å². The second-order valence-corrected chi connectivity index (χ2v) is 4.84. The van der Waals surface area contributed by atoms with Gasteiger partial charge >= 0.3 is 0 Å². The van der Waals surface area contributed by atoms with Crippen LogP contribution in [0.2, 0.25) is 0 Å². The lowest BCUT2D eigenvalue weighted by Crippen LogP contribution is -2.49. The molecule has 4 heteroatoms. The summed E-state index contributed by atoms with van der Waals surface area (Å²) in [6, 6.07) is 0.108. The van der Waals surface area contributed by atoms with E-state index in [9.17, 15) is 4.79 Å². The summed E-state index contributed by atoms with van der Waals surface area (Å²) in [5.41, 5.74) is 5.77. The quantitative estimate of drug-likeness (QED) is 0.745. The van der Waals surface area contributed by atoms with Crippen LogP contribution < -0.4 is 5.73 Å². The van der Waals surface area contributed by atoms with Gasteiger partial charge < -0.3 is 15.7 Å². The van der Waals surface area contributed by atoms with Crippen LogP contribution in [0.5, 0.6) is 0 Å². The monoisotopic (exact) mass is 228 g/mol. The number of rotatable bonds is 4. The molecule has 1 heterocycles. The number of piperidine rings is 1. The van der Waals surface area contributed by atoms with Gasteiger partial charge in [-0.05, 0) is 32.6 Å². The van der Waals surface area contributed by atoms with Crippen LogP contribution in [0.25, 0.3) is 0 Å². The van der Waals surface area contributed by atoms with Gasteiger partial charge in [0.2, 0.25) is 5.91 Å². The lowest BCUT2D eigenvalue weighted by atomic mass is 9.95. The minimum Gasteiger partial charge on any atom is -0.396 e. The molecule has 94 valence electrons. The molecule has 1 rings (SSSR count). The van der Waals surface area contributed by atoms with Gasteiger partial charge in [-0.25, -0.2) is 0 Å². The molecule has 4 nitrogen and oxygen atoms in total. The first-order valence-electron chi connectivity index (χ1n) is 6.24. The molecule has 1 aliphatic rings. The Balaban J connectivity index is 2.63. The van der Waals surface area contributed by atoms with Gasteiger partial charge in [0.05, 0.1) is 5.92 Å². The van der Waals surface area contributed by atoms with E-state index in [1.165, 1.54) is 0 Å². The molecule has 3 N–H and O–H groups in total. The maximum absolute atomic E-state index is 12.2. The number of aliphatic hydroxyl groups excluding tert-OH is 1. The summed E-state index contributed by atoms with van der Waals surface area (Å²) in [5.74, 6) is 0.0208. The summed E-state index contributed by atoms with van der Waals surface area (Å²) in [6.45, 7) is 4.73. The van der Waals surface area contributed by atoms with Gasteiger partial charge in [0, 0.05) is 25.2 Å². The third-order valence-electron chi connectivity index (χ3n) is 3.55. The standard InChI is InChI=1S/C12H24N2O2/c1-9(10(2)13)12(16)14-7-4-3-5-11(14)6-8-15/h9-11,15H,3-8,13H2,1-2H3. The minimum atomic E-state index is -0.126. The molecule has 0 aromatic carbocycles. The first-order valence-corrected chi connectivity index (χ1v) is 6.24. The fourth-order valence-electron chi connectivity index (χ4n) is 2.23. The highest BCUT2D eigenvalue weighted by atomic mass is 16.3. The molecule has 0 spiro atoms. The van der Waals surface area contributed by atoms with Crippen LogP contribution >= 0.6 is 0 Å². The van der Waals surface area contributed by atoms with Gasteiger partial charge in [-0.2, -0.15) is 0 Å². The molecule has 1 aliphatic heterocycles. The largest absolute Gasteiger partial charge is 0.396 e. The normalized spacial score (nSPS) is 25.2. The average molecular weight is 228 g/mol. The van der Waals surface area contributed by atoms with Crippen LogP contribution in [0, 0.1) is 5.92 Å². The highest BCUT2D eigenvalue weighted by molar-refractivity contribution is 5.79. The van der Waals surface area contributed by atoms with Gasteiger partial charge in [-0.1, -0.05) is 6.92 Å². The zero-order chi connectivity index (χ0) is 12.1. The maximum Gasteiger partial charge on any atom is 0.227 e. The highest BCUT2D eigenvalue weighted by Crippen LogP contribution is 2.22. The van der Waals surface area contributed by atoms with E-state index in [4.69, 9.17) is 10.8 Å². The summed E-state index contributed by atoms with van der Waals surface area (Å²) in [6.07, 6.45) is 3.93. The Hall–Kier alpha value is -0.610. The zero-order valence-electron chi connectivity index (χ0n) is 10.4. The highest BCUT2D eigenvalue weighted by Gasteiger charge is 2.30. The van der Waals surface area contributed by atoms with E-state index in [1.807, 2.05) is 18.7 Å². The number of hydrogen-bond acceptors (Lipinski definition) is 3. The Labute approximate surface area is 97.8 Å². The molecule has 0 aromatic heterocycles. The van der Waals surface area contributed by atoms with Crippen molar-refractivity contribution in [2.75, 3.05) is 13.2 Å². The second kappa shape index (κ2) is 6.21. The molecule has 16 heavy (non-hydrogen) atoms. The number of hydrogen-bond donors (Lipinski definition) is 2. The number of likely N-dealkylation sites (tertiary alicyclic amines) is 1. The van der Waals surface area contributed by atoms with E-state index < -0.39 is 0 Å². The van der Waals surface area contributed by atoms with Gasteiger partial charge in [0.15, 0.2) is 0 Å². The van der Waals surface area contributed by atoms with Crippen molar-refractivity contribution in [3.8, 4) is 0 Å². The first-order chi connectivity index (χ1) is 7.57. The number of nitrogens with zero attached hydrogens (tertiary/aromatic N) is 1. The molecule has 1 amide bonds. The summed E-state index contributed by atoms with van der Waals surface area (Å²) in [5, 5.41) is 9.00. The first kappa shape index (κ1) is 13.5. The molecule has 1 saturated heterocycles. The molecule has 0 saturated carbocycles.